The number of nitriles is 1. The highest BCUT2D eigenvalue weighted by atomic mass is 16.4. The van der Waals surface area contributed by atoms with Crippen LogP contribution in [-0.4, -0.2) is 50.2 Å². The third kappa shape index (κ3) is 2.82. The van der Waals surface area contributed by atoms with E-state index < -0.39 is 6.09 Å². The van der Waals surface area contributed by atoms with Crippen molar-refractivity contribution in [2.24, 2.45) is 0 Å². The molecule has 0 spiro atoms. The van der Waals surface area contributed by atoms with Gasteiger partial charge in [0.1, 0.15) is 12.4 Å². The Bertz CT molecular complexity index is 486. The molecule has 1 aromatic heterocycles. The van der Waals surface area contributed by atoms with E-state index >= 15 is 0 Å². The number of carboxylic acid groups (broad SMARTS) is 1. The number of rotatable bonds is 2. The number of nitrogens with one attached hydrogen (secondary N) is 1. The number of hydrogen-bond donors (Lipinski definition) is 2. The van der Waals surface area contributed by atoms with Crippen LogP contribution < -0.4 is 5.32 Å². The zero-order valence-corrected chi connectivity index (χ0v) is 9.57. The highest BCUT2D eigenvalue weighted by Gasteiger charge is 2.23. The van der Waals surface area contributed by atoms with E-state index in [4.69, 9.17) is 10.4 Å². The van der Waals surface area contributed by atoms with Gasteiger partial charge in [-0.05, 0) is 12.8 Å². The molecule has 1 saturated heterocycles. The van der Waals surface area contributed by atoms with Crippen LogP contribution in [0.25, 0.3) is 0 Å². The van der Waals surface area contributed by atoms with Crippen molar-refractivity contribution in [1.82, 2.24) is 19.9 Å². The van der Waals surface area contributed by atoms with Gasteiger partial charge >= 0.3 is 6.09 Å². The van der Waals surface area contributed by atoms with E-state index in [0.29, 0.717) is 19.0 Å². The molecule has 1 aliphatic rings. The summed E-state index contributed by atoms with van der Waals surface area (Å²) < 4.78 is 0. The monoisotopic (exact) mass is 248 g/mol. The molecule has 2 rings (SSSR count). The molecule has 0 radical (unpaired) electrons. The second kappa shape index (κ2) is 5.27. The van der Waals surface area contributed by atoms with Crippen molar-refractivity contribution in [3.8, 4) is 6.07 Å². The molecule has 0 aliphatic carbocycles. The quantitative estimate of drug-likeness (QED) is 0.773. The van der Waals surface area contributed by atoms with E-state index in [1.807, 2.05) is 6.07 Å². The molecule has 2 N–H and O–H groups in total. The Kier molecular flexibility index (Phi) is 3.52. The predicted molar refractivity (Wildman–Crippen MR) is 60.8 cm³/mol. The van der Waals surface area contributed by atoms with Crippen LogP contribution in [0, 0.1) is 11.3 Å². The third-order valence-electron chi connectivity index (χ3n) is 2.70. The Labute approximate surface area is 103 Å². The van der Waals surface area contributed by atoms with Gasteiger partial charge in [-0.2, -0.15) is 10.2 Å². The van der Waals surface area contributed by atoms with Crippen LogP contribution in [0.3, 0.4) is 0 Å². The normalized spacial score (nSPS) is 19.1. The molecule has 1 fully saturated rings. The van der Waals surface area contributed by atoms with Gasteiger partial charge in [-0.3, -0.25) is 0 Å². The largest absolute Gasteiger partial charge is 0.465 e. The third-order valence-corrected chi connectivity index (χ3v) is 2.70. The van der Waals surface area contributed by atoms with Crippen molar-refractivity contribution in [2.75, 3.05) is 18.4 Å². The average molecular weight is 248 g/mol. The van der Waals surface area contributed by atoms with Gasteiger partial charge in [0.15, 0.2) is 0 Å². The van der Waals surface area contributed by atoms with Crippen molar-refractivity contribution in [1.29, 1.82) is 5.26 Å². The van der Waals surface area contributed by atoms with Gasteiger partial charge in [0.05, 0.1) is 0 Å². The molecular formula is C10H12N6O2. The number of anilines is 1. The van der Waals surface area contributed by atoms with E-state index in [2.05, 4.69) is 20.3 Å². The summed E-state index contributed by atoms with van der Waals surface area (Å²) in [5.74, 6) is 0.345. The van der Waals surface area contributed by atoms with Crippen molar-refractivity contribution in [2.45, 2.75) is 18.9 Å². The molecule has 8 heteroatoms. The highest BCUT2D eigenvalue weighted by molar-refractivity contribution is 5.65. The molecule has 0 saturated carbocycles. The number of amides is 1. The van der Waals surface area contributed by atoms with Gasteiger partial charge in [-0.1, -0.05) is 0 Å². The maximum Gasteiger partial charge on any atom is 0.407 e. The molecule has 0 unspecified atom stereocenters. The lowest BCUT2D eigenvalue weighted by Gasteiger charge is -2.31. The SMILES string of the molecule is N#Cc1ncnc(N[C@@H]2CCCN(C(=O)O)C2)n1. The van der Waals surface area contributed by atoms with Gasteiger partial charge < -0.3 is 15.3 Å². The maximum absolute atomic E-state index is 10.9. The maximum atomic E-state index is 10.9. The molecule has 94 valence electrons. The second-order valence-electron chi connectivity index (χ2n) is 3.96. The van der Waals surface area contributed by atoms with Crippen molar-refractivity contribution in [3.63, 3.8) is 0 Å². The molecule has 1 amide bonds. The number of nitrogens with zero attached hydrogens (tertiary/aromatic N) is 5. The fourth-order valence-corrected chi connectivity index (χ4v) is 1.87. The molecule has 18 heavy (non-hydrogen) atoms. The minimum atomic E-state index is -0.921. The summed E-state index contributed by atoms with van der Waals surface area (Å²) in [5.41, 5.74) is 0. The van der Waals surface area contributed by atoms with E-state index in [0.717, 1.165) is 12.8 Å². The number of carbonyl (C=O) groups is 1. The molecule has 1 aliphatic heterocycles. The minimum absolute atomic E-state index is 0.0382. The molecule has 0 aromatic carbocycles. The molecule has 1 atom stereocenters. The fourth-order valence-electron chi connectivity index (χ4n) is 1.87. The summed E-state index contributed by atoms with van der Waals surface area (Å²) in [4.78, 5) is 23.7. The summed E-state index contributed by atoms with van der Waals surface area (Å²) in [7, 11) is 0. The van der Waals surface area contributed by atoms with E-state index in [-0.39, 0.29) is 11.9 Å². The van der Waals surface area contributed by atoms with Gasteiger partial charge in [0, 0.05) is 19.1 Å². The van der Waals surface area contributed by atoms with Gasteiger partial charge in [-0.15, -0.1) is 0 Å². The molecular weight excluding hydrogens is 236 g/mol. The second-order valence-corrected chi connectivity index (χ2v) is 3.96. The Hall–Kier alpha value is -2.43. The Balaban J connectivity index is 2.00. The summed E-state index contributed by atoms with van der Waals surface area (Å²) >= 11 is 0. The first-order valence-corrected chi connectivity index (χ1v) is 5.52. The molecule has 2 heterocycles. The van der Waals surface area contributed by atoms with Crippen LogP contribution in [-0.2, 0) is 0 Å². The molecule has 8 nitrogen and oxygen atoms in total. The van der Waals surface area contributed by atoms with E-state index in [1.54, 1.807) is 0 Å². The smallest absolute Gasteiger partial charge is 0.407 e. The lowest BCUT2D eigenvalue weighted by atomic mass is 10.1. The van der Waals surface area contributed by atoms with Crippen LogP contribution in [0.1, 0.15) is 18.7 Å². The standard InChI is InChI=1S/C10H12N6O2/c11-4-8-12-6-13-9(15-8)14-7-2-1-3-16(5-7)10(17)18/h6-7H,1-3,5H2,(H,17,18)(H,12,13,14,15)/t7-/m1/s1. The summed E-state index contributed by atoms with van der Waals surface area (Å²) in [6, 6.07) is 1.79. The fraction of sp³-hybridized carbons (Fsp3) is 0.500. The van der Waals surface area contributed by atoms with Crippen molar-refractivity contribution in [3.05, 3.63) is 12.2 Å². The van der Waals surface area contributed by atoms with Crippen molar-refractivity contribution >= 4 is 12.0 Å². The van der Waals surface area contributed by atoms with Gasteiger partial charge in [0.2, 0.25) is 11.8 Å². The first-order chi connectivity index (χ1) is 8.69. The minimum Gasteiger partial charge on any atom is -0.465 e. The van der Waals surface area contributed by atoms with Gasteiger partial charge in [-0.25, -0.2) is 14.8 Å². The summed E-state index contributed by atoms with van der Waals surface area (Å²) in [5, 5.41) is 20.6. The number of likely N-dealkylation sites (tertiary alicyclic amines) is 1. The first kappa shape index (κ1) is 12.0. The number of aromatic nitrogens is 3. The Morgan fingerprint density at radius 3 is 3.17 bits per heavy atom. The average Bonchev–Trinajstić information content (AvgIpc) is 2.39. The lowest BCUT2D eigenvalue weighted by Crippen LogP contribution is -2.44. The summed E-state index contributed by atoms with van der Waals surface area (Å²) in [6.07, 6.45) is 1.97. The van der Waals surface area contributed by atoms with Crippen molar-refractivity contribution < 1.29 is 9.90 Å². The first-order valence-electron chi connectivity index (χ1n) is 5.52. The number of hydrogen-bond acceptors (Lipinski definition) is 6. The highest BCUT2D eigenvalue weighted by Crippen LogP contribution is 2.13. The van der Waals surface area contributed by atoms with E-state index in [1.165, 1.54) is 11.2 Å². The molecule has 0 bridgehead atoms. The van der Waals surface area contributed by atoms with Crippen LogP contribution >= 0.6 is 0 Å². The topological polar surface area (TPSA) is 115 Å². The van der Waals surface area contributed by atoms with Crippen LogP contribution in [0.4, 0.5) is 10.7 Å². The number of piperidine rings is 1. The van der Waals surface area contributed by atoms with Crippen LogP contribution in [0.15, 0.2) is 6.33 Å². The van der Waals surface area contributed by atoms with Crippen LogP contribution in [0.5, 0.6) is 0 Å². The lowest BCUT2D eigenvalue weighted by molar-refractivity contribution is 0.132. The summed E-state index contributed by atoms with van der Waals surface area (Å²) in [6.45, 7) is 0.942. The Morgan fingerprint density at radius 1 is 1.61 bits per heavy atom. The van der Waals surface area contributed by atoms with E-state index in [9.17, 15) is 4.79 Å². The zero-order valence-electron chi connectivity index (χ0n) is 9.57. The molecule has 1 aromatic rings. The van der Waals surface area contributed by atoms with Crippen LogP contribution in [0.2, 0.25) is 0 Å². The zero-order chi connectivity index (χ0) is 13.0. The Morgan fingerprint density at radius 2 is 2.44 bits per heavy atom. The van der Waals surface area contributed by atoms with Gasteiger partial charge in [0.25, 0.3) is 0 Å². The predicted octanol–water partition coefficient (Wildman–Crippen LogP) is 0.298.